The molecular weight excluding hydrogens is 325 g/mol. The number of aromatic nitrogens is 2. The molecule has 0 bridgehead atoms. The van der Waals surface area contributed by atoms with Crippen molar-refractivity contribution in [2.24, 2.45) is 0 Å². The van der Waals surface area contributed by atoms with E-state index in [4.69, 9.17) is 0 Å². The highest BCUT2D eigenvalue weighted by Gasteiger charge is 2.35. The van der Waals surface area contributed by atoms with Gasteiger partial charge in [0, 0.05) is 18.2 Å². The molecule has 0 saturated heterocycles. The average molecular weight is 338 g/mol. The molecule has 24 heavy (non-hydrogen) atoms. The predicted molar refractivity (Wildman–Crippen MR) is 78.0 cm³/mol. The molecule has 2 heterocycles. The number of rotatable bonds is 3. The molecule has 9 heteroatoms. The number of alkyl halides is 3. The van der Waals surface area contributed by atoms with Crippen LogP contribution in [-0.2, 0) is 17.5 Å². The van der Waals surface area contributed by atoms with Gasteiger partial charge < -0.3 is 10.2 Å². The van der Waals surface area contributed by atoms with Gasteiger partial charge in [-0.05, 0) is 18.6 Å². The molecule has 1 aliphatic heterocycles. The lowest BCUT2D eigenvalue weighted by atomic mass is 10.1. The zero-order chi connectivity index (χ0) is 17.5. The van der Waals surface area contributed by atoms with Gasteiger partial charge in [0.05, 0.1) is 0 Å². The predicted octanol–water partition coefficient (Wildman–Crippen LogP) is 2.41. The summed E-state index contributed by atoms with van der Waals surface area (Å²) in [6.07, 6.45) is -4.58. The molecule has 1 aromatic carbocycles. The normalized spacial score (nSPS) is 15.3. The molecule has 2 N–H and O–H groups in total. The van der Waals surface area contributed by atoms with Gasteiger partial charge in [0.25, 0.3) is 5.91 Å². The van der Waals surface area contributed by atoms with Gasteiger partial charge in [-0.2, -0.15) is 18.3 Å². The van der Waals surface area contributed by atoms with Gasteiger partial charge in [-0.3, -0.25) is 14.7 Å². The third kappa shape index (κ3) is 2.84. The Labute approximate surface area is 134 Å². The van der Waals surface area contributed by atoms with Crippen molar-refractivity contribution in [3.8, 4) is 0 Å². The van der Waals surface area contributed by atoms with Crippen molar-refractivity contribution in [1.29, 1.82) is 0 Å². The second kappa shape index (κ2) is 5.66. The Morgan fingerprint density at radius 3 is 2.71 bits per heavy atom. The van der Waals surface area contributed by atoms with Crippen molar-refractivity contribution >= 4 is 17.6 Å². The van der Waals surface area contributed by atoms with Crippen LogP contribution in [0.3, 0.4) is 0 Å². The molecule has 0 radical (unpaired) electrons. The summed E-state index contributed by atoms with van der Waals surface area (Å²) in [7, 11) is 0. The second-order valence-electron chi connectivity index (χ2n) is 5.42. The summed E-state index contributed by atoms with van der Waals surface area (Å²) in [5, 5.41) is 7.51. The van der Waals surface area contributed by atoms with E-state index in [2.05, 4.69) is 10.4 Å². The Morgan fingerprint density at radius 2 is 2.08 bits per heavy atom. The summed E-state index contributed by atoms with van der Waals surface area (Å²) in [5.74, 6) is -1.15. The summed E-state index contributed by atoms with van der Waals surface area (Å²) in [6, 6.07) is 6.84. The molecule has 3 rings (SSSR count). The van der Waals surface area contributed by atoms with Gasteiger partial charge in [0.1, 0.15) is 11.7 Å². The number of anilines is 1. The number of benzene rings is 1. The molecule has 6 nitrogen and oxygen atoms in total. The van der Waals surface area contributed by atoms with Crippen LogP contribution in [0.1, 0.15) is 28.5 Å². The largest absolute Gasteiger partial charge is 0.432 e. The SMILES string of the molecule is C[C@H](C(=O)Nc1cc(C(F)(F)F)[nH]n1)N1Cc2ccccc2C1=O. The number of fused-ring (bicyclic) bond motifs is 1. The second-order valence-corrected chi connectivity index (χ2v) is 5.42. The van der Waals surface area contributed by atoms with Crippen molar-refractivity contribution in [2.45, 2.75) is 25.7 Å². The minimum atomic E-state index is -4.58. The molecule has 126 valence electrons. The number of hydrogen-bond acceptors (Lipinski definition) is 3. The van der Waals surface area contributed by atoms with Crippen LogP contribution in [0, 0.1) is 0 Å². The zero-order valence-corrected chi connectivity index (χ0v) is 12.5. The molecule has 1 aliphatic rings. The summed E-state index contributed by atoms with van der Waals surface area (Å²) in [6.45, 7) is 1.79. The Morgan fingerprint density at radius 1 is 1.38 bits per heavy atom. The quantitative estimate of drug-likeness (QED) is 0.902. The molecular formula is C15H13F3N4O2. The van der Waals surface area contributed by atoms with Crippen molar-refractivity contribution < 1.29 is 22.8 Å². The van der Waals surface area contributed by atoms with Gasteiger partial charge in [-0.25, -0.2) is 0 Å². The molecule has 0 saturated carbocycles. The highest BCUT2D eigenvalue weighted by molar-refractivity contribution is 6.03. The van der Waals surface area contributed by atoms with E-state index >= 15 is 0 Å². The fraction of sp³-hybridized carbons (Fsp3) is 0.267. The lowest BCUT2D eigenvalue weighted by molar-refractivity contribution is -0.141. The summed E-state index contributed by atoms with van der Waals surface area (Å²) in [5.41, 5.74) is 0.271. The maximum Gasteiger partial charge on any atom is 0.432 e. The Hall–Kier alpha value is -2.84. The van der Waals surface area contributed by atoms with Gasteiger partial charge in [-0.15, -0.1) is 0 Å². The van der Waals surface area contributed by atoms with Crippen molar-refractivity contribution in [2.75, 3.05) is 5.32 Å². The number of amides is 2. The molecule has 0 aliphatic carbocycles. The van der Waals surface area contributed by atoms with Gasteiger partial charge in [0.15, 0.2) is 5.82 Å². The molecule has 2 amide bonds. The fourth-order valence-corrected chi connectivity index (χ4v) is 2.49. The summed E-state index contributed by atoms with van der Waals surface area (Å²) in [4.78, 5) is 25.9. The van der Waals surface area contributed by atoms with Crippen LogP contribution in [0.15, 0.2) is 30.3 Å². The van der Waals surface area contributed by atoms with Gasteiger partial charge in [-0.1, -0.05) is 18.2 Å². The number of carbonyl (C=O) groups is 2. The smallest absolute Gasteiger partial charge is 0.323 e. The minimum absolute atomic E-state index is 0.247. The van der Waals surface area contributed by atoms with Crippen LogP contribution < -0.4 is 5.32 Å². The van der Waals surface area contributed by atoms with Crippen LogP contribution in [0.25, 0.3) is 0 Å². The topological polar surface area (TPSA) is 78.1 Å². The maximum atomic E-state index is 12.5. The van der Waals surface area contributed by atoms with E-state index in [0.29, 0.717) is 11.6 Å². The monoisotopic (exact) mass is 338 g/mol. The lowest BCUT2D eigenvalue weighted by Gasteiger charge is -2.22. The summed E-state index contributed by atoms with van der Waals surface area (Å²) >= 11 is 0. The van der Waals surface area contributed by atoms with E-state index in [1.54, 1.807) is 24.3 Å². The highest BCUT2D eigenvalue weighted by atomic mass is 19.4. The van der Waals surface area contributed by atoms with Crippen molar-refractivity contribution in [3.05, 3.63) is 47.2 Å². The third-order valence-electron chi connectivity index (χ3n) is 3.83. The minimum Gasteiger partial charge on any atom is -0.323 e. The molecule has 1 atom stereocenters. The average Bonchev–Trinajstić information content (AvgIpc) is 3.12. The van der Waals surface area contributed by atoms with E-state index in [1.807, 2.05) is 5.10 Å². The Bertz CT molecular complexity index is 800. The number of H-pyrrole nitrogens is 1. The number of nitrogens with zero attached hydrogens (tertiary/aromatic N) is 2. The molecule has 2 aromatic rings. The van der Waals surface area contributed by atoms with E-state index < -0.39 is 23.8 Å². The Balaban J connectivity index is 1.70. The maximum absolute atomic E-state index is 12.5. The number of carbonyl (C=O) groups excluding carboxylic acids is 2. The van der Waals surface area contributed by atoms with Crippen molar-refractivity contribution in [1.82, 2.24) is 15.1 Å². The first-order chi connectivity index (χ1) is 11.3. The van der Waals surface area contributed by atoms with Crippen LogP contribution >= 0.6 is 0 Å². The first-order valence-corrected chi connectivity index (χ1v) is 7.09. The van der Waals surface area contributed by atoms with Crippen molar-refractivity contribution in [3.63, 3.8) is 0 Å². The van der Waals surface area contributed by atoms with E-state index in [1.165, 1.54) is 11.8 Å². The fourth-order valence-electron chi connectivity index (χ4n) is 2.49. The zero-order valence-electron chi connectivity index (χ0n) is 12.5. The van der Waals surface area contributed by atoms with Gasteiger partial charge in [0.2, 0.25) is 5.91 Å². The molecule has 1 aromatic heterocycles. The third-order valence-corrected chi connectivity index (χ3v) is 3.83. The number of nitrogens with one attached hydrogen (secondary N) is 2. The van der Waals surface area contributed by atoms with Crippen LogP contribution in [0.5, 0.6) is 0 Å². The van der Waals surface area contributed by atoms with E-state index in [0.717, 1.165) is 5.56 Å². The molecule has 0 unspecified atom stereocenters. The standard InChI is InChI=1S/C15H13F3N4O2/c1-8(22-7-9-4-2-3-5-10(9)14(22)24)13(23)19-12-6-11(20-21-12)15(16,17)18/h2-6,8H,7H2,1H3,(H2,19,20,21,23)/t8-/m1/s1. The lowest BCUT2D eigenvalue weighted by Crippen LogP contribution is -2.42. The van der Waals surface area contributed by atoms with Crippen LogP contribution in [0.4, 0.5) is 19.0 Å². The molecule has 0 fully saturated rings. The van der Waals surface area contributed by atoms with E-state index in [-0.39, 0.29) is 18.3 Å². The first kappa shape index (κ1) is 16.0. The number of aromatic amines is 1. The first-order valence-electron chi connectivity index (χ1n) is 7.09. The van der Waals surface area contributed by atoms with Gasteiger partial charge >= 0.3 is 6.18 Å². The van der Waals surface area contributed by atoms with E-state index in [9.17, 15) is 22.8 Å². The number of halogens is 3. The summed E-state index contributed by atoms with van der Waals surface area (Å²) < 4.78 is 37.5. The van der Waals surface area contributed by atoms with Crippen LogP contribution in [0.2, 0.25) is 0 Å². The Kier molecular flexibility index (Phi) is 3.78. The number of hydrogen-bond donors (Lipinski definition) is 2. The highest BCUT2D eigenvalue weighted by Crippen LogP contribution is 2.29. The van der Waals surface area contributed by atoms with Crippen LogP contribution in [-0.4, -0.2) is 33.0 Å². The molecule has 0 spiro atoms.